The van der Waals surface area contributed by atoms with Gasteiger partial charge < -0.3 is 10.0 Å². The van der Waals surface area contributed by atoms with Crippen molar-refractivity contribution in [3.8, 4) is 0 Å². The summed E-state index contributed by atoms with van der Waals surface area (Å²) >= 11 is 3.36. The van der Waals surface area contributed by atoms with Crippen molar-refractivity contribution in [2.45, 2.75) is 6.54 Å². The second kappa shape index (κ2) is 5.09. The summed E-state index contributed by atoms with van der Waals surface area (Å²) in [4.78, 5) is 16.3. The molecule has 0 saturated carbocycles. The predicted octanol–water partition coefficient (Wildman–Crippen LogP) is 2.00. The Hall–Kier alpha value is -1.14. The van der Waals surface area contributed by atoms with E-state index in [0.717, 1.165) is 16.6 Å². The Bertz CT molecular complexity index is 368. The number of rotatable bonds is 3. The number of hydrogen-bond donors (Lipinski definition) is 2. The molecule has 0 unspecified atom stereocenters. The lowest BCUT2D eigenvalue weighted by Crippen LogP contribution is -2.13. The zero-order chi connectivity index (χ0) is 11.4. The number of carboxylic acid groups (broad SMARTS) is 1. The average molecular weight is 274 g/mol. The molecule has 15 heavy (non-hydrogen) atoms. The van der Waals surface area contributed by atoms with Gasteiger partial charge in [0.1, 0.15) is 5.82 Å². The number of aromatic nitrogens is 1. The van der Waals surface area contributed by atoms with E-state index in [2.05, 4.69) is 26.2 Å². The van der Waals surface area contributed by atoms with Gasteiger partial charge in [-0.2, -0.15) is 0 Å². The van der Waals surface area contributed by atoms with E-state index in [1.54, 1.807) is 12.3 Å². The number of amides is 1. The van der Waals surface area contributed by atoms with Crippen LogP contribution in [0.25, 0.3) is 0 Å². The van der Waals surface area contributed by atoms with Crippen molar-refractivity contribution in [1.29, 1.82) is 0 Å². The zero-order valence-corrected chi connectivity index (χ0v) is 10.1. The smallest absolute Gasteiger partial charge is 0.410 e. The predicted molar refractivity (Wildman–Crippen MR) is 61.0 cm³/mol. The SMILES string of the molecule is CN(C)Cc1cc(NC(=O)O)ncc1Br. The van der Waals surface area contributed by atoms with Crippen LogP contribution in [-0.4, -0.2) is 35.2 Å². The number of hydrogen-bond acceptors (Lipinski definition) is 3. The van der Waals surface area contributed by atoms with Crippen LogP contribution in [0, 0.1) is 0 Å². The molecule has 1 aromatic heterocycles. The third-order valence-electron chi connectivity index (χ3n) is 1.66. The molecular weight excluding hydrogens is 262 g/mol. The first-order valence-corrected chi connectivity index (χ1v) is 5.07. The molecule has 1 rings (SSSR count). The summed E-state index contributed by atoms with van der Waals surface area (Å²) in [5, 5.41) is 10.7. The van der Waals surface area contributed by atoms with Gasteiger partial charge >= 0.3 is 6.09 Å². The van der Waals surface area contributed by atoms with Crippen LogP contribution in [0.1, 0.15) is 5.56 Å². The lowest BCUT2D eigenvalue weighted by atomic mass is 10.2. The van der Waals surface area contributed by atoms with E-state index in [1.165, 1.54) is 0 Å². The second-order valence-corrected chi connectivity index (χ2v) is 4.18. The van der Waals surface area contributed by atoms with Gasteiger partial charge in [0.25, 0.3) is 0 Å². The molecule has 0 spiro atoms. The van der Waals surface area contributed by atoms with E-state index < -0.39 is 6.09 Å². The van der Waals surface area contributed by atoms with Crippen LogP contribution in [-0.2, 0) is 6.54 Å². The minimum absolute atomic E-state index is 0.336. The maximum atomic E-state index is 10.4. The maximum Gasteiger partial charge on any atom is 0.410 e. The molecule has 0 aliphatic carbocycles. The topological polar surface area (TPSA) is 65.5 Å². The largest absolute Gasteiger partial charge is 0.465 e. The quantitative estimate of drug-likeness (QED) is 0.884. The van der Waals surface area contributed by atoms with E-state index in [9.17, 15) is 4.79 Å². The molecular formula is C9H12BrN3O2. The summed E-state index contributed by atoms with van der Waals surface area (Å²) in [5.74, 6) is 0.336. The molecule has 2 N–H and O–H groups in total. The fourth-order valence-corrected chi connectivity index (χ4v) is 1.46. The lowest BCUT2D eigenvalue weighted by molar-refractivity contribution is 0.209. The number of nitrogens with zero attached hydrogens (tertiary/aromatic N) is 2. The molecule has 0 aromatic carbocycles. The van der Waals surface area contributed by atoms with Gasteiger partial charge in [-0.1, -0.05) is 0 Å². The number of anilines is 1. The highest BCUT2D eigenvalue weighted by Crippen LogP contribution is 2.19. The van der Waals surface area contributed by atoms with Gasteiger partial charge in [0.05, 0.1) is 0 Å². The van der Waals surface area contributed by atoms with E-state index in [0.29, 0.717) is 5.82 Å². The first-order chi connectivity index (χ1) is 6.99. The van der Waals surface area contributed by atoms with E-state index in [4.69, 9.17) is 5.11 Å². The van der Waals surface area contributed by atoms with Crippen LogP contribution in [0.5, 0.6) is 0 Å². The Morgan fingerprint density at radius 1 is 1.67 bits per heavy atom. The Labute approximate surface area is 96.2 Å². The highest BCUT2D eigenvalue weighted by molar-refractivity contribution is 9.10. The number of nitrogens with one attached hydrogen (secondary N) is 1. The fraction of sp³-hybridized carbons (Fsp3) is 0.333. The molecule has 0 saturated heterocycles. The third kappa shape index (κ3) is 3.85. The first kappa shape index (κ1) is 11.9. The minimum Gasteiger partial charge on any atom is -0.465 e. The van der Waals surface area contributed by atoms with E-state index in [1.807, 2.05) is 19.0 Å². The average Bonchev–Trinajstić information content (AvgIpc) is 2.09. The molecule has 0 aliphatic heterocycles. The molecule has 1 aromatic rings. The van der Waals surface area contributed by atoms with Crippen molar-refractivity contribution in [2.24, 2.45) is 0 Å². The number of halogens is 1. The Morgan fingerprint density at radius 2 is 2.33 bits per heavy atom. The lowest BCUT2D eigenvalue weighted by Gasteiger charge is -2.12. The van der Waals surface area contributed by atoms with Gasteiger partial charge in [-0.05, 0) is 41.7 Å². The van der Waals surface area contributed by atoms with Crippen LogP contribution >= 0.6 is 15.9 Å². The van der Waals surface area contributed by atoms with Gasteiger partial charge in [-0.15, -0.1) is 0 Å². The highest BCUT2D eigenvalue weighted by atomic mass is 79.9. The van der Waals surface area contributed by atoms with Crippen molar-refractivity contribution >= 4 is 27.8 Å². The van der Waals surface area contributed by atoms with Crippen molar-refractivity contribution in [3.63, 3.8) is 0 Å². The van der Waals surface area contributed by atoms with Gasteiger partial charge in [-0.3, -0.25) is 5.32 Å². The van der Waals surface area contributed by atoms with E-state index in [-0.39, 0.29) is 0 Å². The van der Waals surface area contributed by atoms with Gasteiger partial charge in [0.15, 0.2) is 0 Å². The van der Waals surface area contributed by atoms with Crippen molar-refractivity contribution in [2.75, 3.05) is 19.4 Å². The van der Waals surface area contributed by atoms with Crippen LogP contribution in [0.3, 0.4) is 0 Å². The molecule has 0 aliphatic rings. The standard InChI is InChI=1S/C9H12BrN3O2/c1-13(2)5-6-3-8(12-9(14)15)11-4-7(6)10/h3-4H,5H2,1-2H3,(H,11,12)(H,14,15). The molecule has 5 nitrogen and oxygen atoms in total. The highest BCUT2D eigenvalue weighted by Gasteiger charge is 2.05. The molecule has 0 radical (unpaired) electrons. The molecule has 0 bridgehead atoms. The van der Waals surface area contributed by atoms with Crippen LogP contribution in [0.4, 0.5) is 10.6 Å². The normalized spacial score (nSPS) is 10.4. The fourth-order valence-electron chi connectivity index (χ4n) is 1.12. The Morgan fingerprint density at radius 3 is 2.87 bits per heavy atom. The number of pyridine rings is 1. The summed E-state index contributed by atoms with van der Waals surface area (Å²) in [7, 11) is 3.88. The summed E-state index contributed by atoms with van der Waals surface area (Å²) in [6.45, 7) is 0.720. The van der Waals surface area contributed by atoms with Crippen LogP contribution in [0.2, 0.25) is 0 Å². The molecule has 1 heterocycles. The van der Waals surface area contributed by atoms with Gasteiger partial charge in [0, 0.05) is 17.2 Å². The zero-order valence-electron chi connectivity index (χ0n) is 8.49. The Kier molecular flexibility index (Phi) is 4.05. The summed E-state index contributed by atoms with van der Waals surface area (Å²) in [6, 6.07) is 1.71. The van der Waals surface area contributed by atoms with Crippen molar-refractivity contribution < 1.29 is 9.90 Å². The third-order valence-corrected chi connectivity index (χ3v) is 2.37. The molecule has 82 valence electrons. The molecule has 0 fully saturated rings. The van der Waals surface area contributed by atoms with Gasteiger partial charge in [0.2, 0.25) is 0 Å². The maximum absolute atomic E-state index is 10.4. The minimum atomic E-state index is -1.11. The monoisotopic (exact) mass is 273 g/mol. The molecule has 1 amide bonds. The summed E-state index contributed by atoms with van der Waals surface area (Å²) in [5.41, 5.74) is 0.985. The molecule has 6 heteroatoms. The van der Waals surface area contributed by atoms with Gasteiger partial charge in [-0.25, -0.2) is 9.78 Å². The number of carbonyl (C=O) groups is 1. The second-order valence-electron chi connectivity index (χ2n) is 3.33. The van der Waals surface area contributed by atoms with Crippen LogP contribution in [0.15, 0.2) is 16.7 Å². The van der Waals surface area contributed by atoms with Crippen molar-refractivity contribution in [3.05, 3.63) is 22.3 Å². The summed E-state index contributed by atoms with van der Waals surface area (Å²) < 4.78 is 0.868. The van der Waals surface area contributed by atoms with Crippen LogP contribution < -0.4 is 5.32 Å². The molecule has 0 atom stereocenters. The van der Waals surface area contributed by atoms with Crippen molar-refractivity contribution in [1.82, 2.24) is 9.88 Å². The summed E-state index contributed by atoms with van der Waals surface area (Å²) in [6.07, 6.45) is 0.477. The van der Waals surface area contributed by atoms with E-state index >= 15 is 0 Å². The first-order valence-electron chi connectivity index (χ1n) is 4.28. The Balaban J connectivity index is 2.89.